The number of rotatable bonds is 11. The SMILES string of the molecule is COCCN1CCN(c2nc(Sc3ccc(CC(=O)C4CC4)cc3)nc(Nc3cc(C)[nH]n3)c2C)CC1. The van der Waals surface area contributed by atoms with E-state index in [1.807, 2.05) is 25.1 Å². The Balaban J connectivity index is 1.35. The van der Waals surface area contributed by atoms with Gasteiger partial charge in [-0.05, 0) is 56.1 Å². The molecule has 1 aromatic carbocycles. The minimum Gasteiger partial charge on any atom is -0.383 e. The van der Waals surface area contributed by atoms with E-state index in [0.29, 0.717) is 23.3 Å². The van der Waals surface area contributed by atoms with Crippen molar-refractivity contribution in [2.24, 2.45) is 5.92 Å². The van der Waals surface area contributed by atoms with Gasteiger partial charge in [-0.1, -0.05) is 12.1 Å². The van der Waals surface area contributed by atoms with Crippen molar-refractivity contribution in [3.05, 3.63) is 47.2 Å². The van der Waals surface area contributed by atoms with Crippen molar-refractivity contribution in [3.63, 3.8) is 0 Å². The summed E-state index contributed by atoms with van der Waals surface area (Å²) in [5, 5.41) is 11.4. The fourth-order valence-electron chi connectivity index (χ4n) is 4.50. The highest BCUT2D eigenvalue weighted by atomic mass is 32.2. The van der Waals surface area contributed by atoms with Gasteiger partial charge in [0.15, 0.2) is 11.0 Å². The number of aromatic nitrogens is 4. The van der Waals surface area contributed by atoms with Crippen LogP contribution in [0.5, 0.6) is 0 Å². The van der Waals surface area contributed by atoms with Crippen LogP contribution in [0.25, 0.3) is 0 Å². The predicted molar refractivity (Wildman–Crippen MR) is 146 cm³/mol. The molecule has 9 nitrogen and oxygen atoms in total. The fourth-order valence-corrected chi connectivity index (χ4v) is 5.25. The van der Waals surface area contributed by atoms with Crippen molar-refractivity contribution in [1.29, 1.82) is 0 Å². The van der Waals surface area contributed by atoms with Gasteiger partial charge in [0, 0.05) is 74.4 Å². The van der Waals surface area contributed by atoms with Crippen LogP contribution in [0, 0.1) is 19.8 Å². The number of nitrogens with zero attached hydrogens (tertiary/aromatic N) is 5. The van der Waals surface area contributed by atoms with Gasteiger partial charge < -0.3 is 15.0 Å². The Morgan fingerprint density at radius 3 is 2.54 bits per heavy atom. The van der Waals surface area contributed by atoms with Crippen LogP contribution in [-0.2, 0) is 16.0 Å². The number of benzene rings is 1. The molecule has 1 saturated carbocycles. The summed E-state index contributed by atoms with van der Waals surface area (Å²) in [6.07, 6.45) is 2.63. The van der Waals surface area contributed by atoms with Crippen molar-refractivity contribution in [2.45, 2.75) is 43.2 Å². The summed E-state index contributed by atoms with van der Waals surface area (Å²) < 4.78 is 5.25. The van der Waals surface area contributed by atoms with Crippen LogP contribution in [0.2, 0.25) is 0 Å². The first-order valence-corrected chi connectivity index (χ1v) is 13.7. The molecule has 1 aliphatic carbocycles. The molecule has 5 rings (SSSR count). The highest BCUT2D eigenvalue weighted by molar-refractivity contribution is 7.99. The van der Waals surface area contributed by atoms with E-state index in [0.717, 1.165) is 91.3 Å². The number of Topliss-reactive ketones (excluding diaryl/α,β-unsaturated/α-hetero) is 1. The summed E-state index contributed by atoms with van der Waals surface area (Å²) in [6, 6.07) is 10.2. The molecule has 0 radical (unpaired) electrons. The molecule has 3 aromatic rings. The topological polar surface area (TPSA) is 99.3 Å². The van der Waals surface area contributed by atoms with Crippen LogP contribution in [-0.4, -0.2) is 77.3 Å². The minimum atomic E-state index is 0.291. The Morgan fingerprint density at radius 2 is 1.89 bits per heavy atom. The molecule has 1 saturated heterocycles. The zero-order valence-electron chi connectivity index (χ0n) is 21.8. The van der Waals surface area contributed by atoms with E-state index in [1.54, 1.807) is 7.11 Å². The van der Waals surface area contributed by atoms with Gasteiger partial charge in [0.25, 0.3) is 0 Å². The van der Waals surface area contributed by atoms with Gasteiger partial charge >= 0.3 is 0 Å². The number of anilines is 3. The molecular weight excluding hydrogens is 486 g/mol. The number of nitrogens with one attached hydrogen (secondary N) is 2. The lowest BCUT2D eigenvalue weighted by Gasteiger charge is -2.36. The highest BCUT2D eigenvalue weighted by Gasteiger charge is 2.29. The lowest BCUT2D eigenvalue weighted by atomic mass is 10.1. The van der Waals surface area contributed by atoms with Crippen molar-refractivity contribution in [3.8, 4) is 0 Å². The fraction of sp³-hybridized carbons (Fsp3) is 0.481. The summed E-state index contributed by atoms with van der Waals surface area (Å²) >= 11 is 1.53. The maximum atomic E-state index is 12.2. The van der Waals surface area contributed by atoms with Crippen LogP contribution in [0.15, 0.2) is 40.4 Å². The number of carbonyl (C=O) groups excluding carboxylic acids is 1. The molecular formula is C27H35N7O2S. The molecule has 0 spiro atoms. The molecule has 0 atom stereocenters. The largest absolute Gasteiger partial charge is 0.383 e. The van der Waals surface area contributed by atoms with Gasteiger partial charge in [-0.15, -0.1) is 0 Å². The van der Waals surface area contributed by atoms with E-state index < -0.39 is 0 Å². The molecule has 196 valence electrons. The first kappa shape index (κ1) is 25.7. The minimum absolute atomic E-state index is 0.291. The third-order valence-corrected chi connectivity index (χ3v) is 7.75. The lowest BCUT2D eigenvalue weighted by Crippen LogP contribution is -2.47. The van der Waals surface area contributed by atoms with Crippen molar-refractivity contribution >= 4 is 35.0 Å². The van der Waals surface area contributed by atoms with E-state index in [-0.39, 0.29) is 0 Å². The first-order valence-electron chi connectivity index (χ1n) is 12.9. The summed E-state index contributed by atoms with van der Waals surface area (Å²) in [5.74, 6) is 3.09. The molecule has 2 aliphatic rings. The number of H-pyrrole nitrogens is 1. The number of carbonyl (C=O) groups is 1. The third kappa shape index (κ3) is 6.68. The number of piperazine rings is 1. The maximum absolute atomic E-state index is 12.2. The quantitative estimate of drug-likeness (QED) is 0.363. The lowest BCUT2D eigenvalue weighted by molar-refractivity contribution is -0.119. The van der Waals surface area contributed by atoms with E-state index in [9.17, 15) is 4.79 Å². The van der Waals surface area contributed by atoms with E-state index >= 15 is 0 Å². The number of aryl methyl sites for hydroxylation is 1. The second-order valence-electron chi connectivity index (χ2n) is 9.85. The second-order valence-corrected chi connectivity index (χ2v) is 10.9. The van der Waals surface area contributed by atoms with Crippen LogP contribution in [0.4, 0.5) is 17.5 Å². The molecule has 3 heterocycles. The maximum Gasteiger partial charge on any atom is 0.196 e. The van der Waals surface area contributed by atoms with Gasteiger partial charge in [-0.2, -0.15) is 5.10 Å². The Kier molecular flexibility index (Phi) is 8.07. The van der Waals surface area contributed by atoms with Crippen molar-refractivity contribution in [2.75, 3.05) is 56.7 Å². The standard InChI is InChI=1S/C27H35N7O2S/c1-18-16-24(32-31-18)28-25-19(2)26(34-12-10-33(11-13-34)14-15-36-3)30-27(29-25)37-22-8-4-20(5-9-22)17-23(35)21-6-7-21/h4-5,8-9,16,21H,6-7,10-15,17H2,1-3H3,(H2,28,29,30,31,32). The molecule has 0 unspecified atom stereocenters. The Labute approximate surface area is 222 Å². The molecule has 2 fully saturated rings. The molecule has 2 N–H and O–H groups in total. The first-order chi connectivity index (χ1) is 18.0. The molecule has 0 amide bonds. The monoisotopic (exact) mass is 521 g/mol. The smallest absolute Gasteiger partial charge is 0.196 e. The van der Waals surface area contributed by atoms with Crippen LogP contribution in [0.3, 0.4) is 0 Å². The molecule has 10 heteroatoms. The molecule has 1 aliphatic heterocycles. The summed E-state index contributed by atoms with van der Waals surface area (Å²) in [4.78, 5) is 27.9. The second kappa shape index (κ2) is 11.6. The number of hydrogen-bond acceptors (Lipinski definition) is 9. The zero-order valence-corrected chi connectivity index (χ0v) is 22.6. The average molecular weight is 522 g/mol. The zero-order chi connectivity index (χ0) is 25.8. The molecule has 2 aromatic heterocycles. The number of ether oxygens (including phenoxy) is 1. The van der Waals surface area contributed by atoms with Crippen LogP contribution in [0.1, 0.15) is 29.7 Å². The van der Waals surface area contributed by atoms with Gasteiger partial charge in [-0.25, -0.2) is 9.97 Å². The van der Waals surface area contributed by atoms with E-state index in [2.05, 4.69) is 44.4 Å². The molecule has 37 heavy (non-hydrogen) atoms. The number of hydrogen-bond donors (Lipinski definition) is 2. The van der Waals surface area contributed by atoms with Gasteiger partial charge in [0.05, 0.1) is 6.61 Å². The summed E-state index contributed by atoms with van der Waals surface area (Å²) in [6.45, 7) is 9.47. The van der Waals surface area contributed by atoms with Crippen LogP contribution >= 0.6 is 11.8 Å². The molecule has 0 bridgehead atoms. The van der Waals surface area contributed by atoms with Crippen molar-refractivity contribution < 1.29 is 9.53 Å². The average Bonchev–Trinajstić information content (AvgIpc) is 3.68. The van der Waals surface area contributed by atoms with Crippen LogP contribution < -0.4 is 10.2 Å². The summed E-state index contributed by atoms with van der Waals surface area (Å²) in [5.41, 5.74) is 3.05. The van der Waals surface area contributed by atoms with E-state index in [4.69, 9.17) is 14.7 Å². The van der Waals surface area contributed by atoms with Crippen molar-refractivity contribution in [1.82, 2.24) is 25.1 Å². The van der Waals surface area contributed by atoms with Gasteiger partial charge in [-0.3, -0.25) is 14.8 Å². The number of ketones is 1. The normalized spacial score (nSPS) is 16.2. The summed E-state index contributed by atoms with van der Waals surface area (Å²) in [7, 11) is 1.75. The predicted octanol–water partition coefficient (Wildman–Crippen LogP) is 4.00. The number of aromatic amines is 1. The Bertz CT molecular complexity index is 1220. The Morgan fingerprint density at radius 1 is 1.14 bits per heavy atom. The highest BCUT2D eigenvalue weighted by Crippen LogP contribution is 2.34. The van der Waals surface area contributed by atoms with E-state index in [1.165, 1.54) is 11.8 Å². The van der Waals surface area contributed by atoms with Gasteiger partial charge in [0.2, 0.25) is 0 Å². The van der Waals surface area contributed by atoms with Gasteiger partial charge in [0.1, 0.15) is 17.4 Å². The Hall–Kier alpha value is -2.95. The number of methoxy groups -OCH3 is 1. The third-order valence-electron chi connectivity index (χ3n) is 6.88.